The van der Waals surface area contributed by atoms with Gasteiger partial charge in [0.15, 0.2) is 0 Å². The van der Waals surface area contributed by atoms with E-state index in [0.29, 0.717) is 6.42 Å². The van der Waals surface area contributed by atoms with E-state index in [-0.39, 0.29) is 23.8 Å². The molecule has 0 bridgehead atoms. The van der Waals surface area contributed by atoms with Gasteiger partial charge in [-0.2, -0.15) is 0 Å². The molecule has 0 aliphatic carbocycles. The fraction of sp³-hybridized carbons (Fsp3) is 0.417. The molecule has 2 atom stereocenters. The van der Waals surface area contributed by atoms with Crippen molar-refractivity contribution in [3.05, 3.63) is 30.1 Å². The molecule has 1 saturated heterocycles. The summed E-state index contributed by atoms with van der Waals surface area (Å²) in [6.07, 6.45) is 1.98. The number of likely N-dealkylation sites (tertiary alicyclic amines) is 1. The minimum absolute atomic E-state index is 0.0943. The van der Waals surface area contributed by atoms with Gasteiger partial charge >= 0.3 is 0 Å². The van der Waals surface area contributed by atoms with Crippen LogP contribution in [0.3, 0.4) is 0 Å². The van der Waals surface area contributed by atoms with Gasteiger partial charge in [0.05, 0.1) is 11.7 Å². The molecule has 1 aliphatic rings. The molecule has 1 fully saturated rings. The molecule has 0 spiro atoms. The highest BCUT2D eigenvalue weighted by molar-refractivity contribution is 6.03. The van der Waals surface area contributed by atoms with Crippen molar-refractivity contribution in [2.24, 2.45) is 5.92 Å². The van der Waals surface area contributed by atoms with Gasteiger partial charge in [-0.3, -0.25) is 19.5 Å². The Morgan fingerprint density at radius 3 is 2.69 bits per heavy atom. The summed E-state index contributed by atoms with van der Waals surface area (Å²) >= 11 is 0. The number of carbonyl (C=O) groups is 2. The zero-order valence-electron chi connectivity index (χ0n) is 9.38. The standard InChI is InChI=1S/C12H14N2O2/c1-8-7-11(15)14(12(8)16)9(2)10-5-3-4-6-13-10/h3-6,8-9H,7H2,1-2H3. The van der Waals surface area contributed by atoms with E-state index in [4.69, 9.17) is 0 Å². The quantitative estimate of drug-likeness (QED) is 0.707. The van der Waals surface area contributed by atoms with Crippen molar-refractivity contribution in [2.45, 2.75) is 26.3 Å². The molecular formula is C12H14N2O2. The van der Waals surface area contributed by atoms with Crippen LogP contribution < -0.4 is 0 Å². The first-order chi connectivity index (χ1) is 7.61. The summed E-state index contributed by atoms with van der Waals surface area (Å²) in [5, 5.41) is 0. The smallest absolute Gasteiger partial charge is 0.233 e. The van der Waals surface area contributed by atoms with Gasteiger partial charge < -0.3 is 0 Å². The highest BCUT2D eigenvalue weighted by atomic mass is 16.2. The molecule has 4 nitrogen and oxygen atoms in total. The number of rotatable bonds is 2. The molecule has 84 valence electrons. The maximum Gasteiger partial charge on any atom is 0.233 e. The molecule has 0 N–H and O–H groups in total. The minimum Gasteiger partial charge on any atom is -0.274 e. The van der Waals surface area contributed by atoms with Crippen LogP contribution in [0, 0.1) is 5.92 Å². The maximum atomic E-state index is 11.8. The predicted octanol–water partition coefficient (Wildman–Crippen LogP) is 1.54. The summed E-state index contributed by atoms with van der Waals surface area (Å²) in [4.78, 5) is 29.0. The largest absolute Gasteiger partial charge is 0.274 e. The summed E-state index contributed by atoms with van der Waals surface area (Å²) in [6, 6.07) is 5.22. The first-order valence-electron chi connectivity index (χ1n) is 5.38. The van der Waals surface area contributed by atoms with Crippen LogP contribution in [0.5, 0.6) is 0 Å². The molecule has 1 aliphatic heterocycles. The molecule has 2 rings (SSSR count). The van der Waals surface area contributed by atoms with Gasteiger partial charge in [0, 0.05) is 18.5 Å². The zero-order valence-corrected chi connectivity index (χ0v) is 9.38. The molecule has 4 heteroatoms. The Kier molecular flexibility index (Phi) is 2.73. The van der Waals surface area contributed by atoms with Crippen molar-refractivity contribution in [3.63, 3.8) is 0 Å². The average Bonchev–Trinajstić information content (AvgIpc) is 2.54. The number of nitrogens with zero attached hydrogens (tertiary/aromatic N) is 2. The number of carbonyl (C=O) groups excluding carboxylic acids is 2. The van der Waals surface area contributed by atoms with Gasteiger partial charge in [0.25, 0.3) is 0 Å². The molecule has 0 saturated carbocycles. The summed E-state index contributed by atoms with van der Waals surface area (Å²) in [6.45, 7) is 3.61. The van der Waals surface area contributed by atoms with E-state index in [1.807, 2.05) is 25.1 Å². The monoisotopic (exact) mass is 218 g/mol. The van der Waals surface area contributed by atoms with Crippen molar-refractivity contribution in [3.8, 4) is 0 Å². The Balaban J connectivity index is 2.26. The third-order valence-corrected chi connectivity index (χ3v) is 2.91. The lowest BCUT2D eigenvalue weighted by Gasteiger charge is -2.22. The number of hydrogen-bond donors (Lipinski definition) is 0. The van der Waals surface area contributed by atoms with Crippen LogP contribution in [0.1, 0.15) is 32.0 Å². The summed E-state index contributed by atoms with van der Waals surface area (Å²) in [7, 11) is 0. The highest BCUT2D eigenvalue weighted by Gasteiger charge is 2.39. The van der Waals surface area contributed by atoms with E-state index in [1.54, 1.807) is 13.1 Å². The van der Waals surface area contributed by atoms with Crippen LogP contribution in [0.15, 0.2) is 24.4 Å². The number of aromatic nitrogens is 1. The van der Waals surface area contributed by atoms with E-state index in [1.165, 1.54) is 4.90 Å². The minimum atomic E-state index is -0.272. The van der Waals surface area contributed by atoms with Crippen molar-refractivity contribution in [1.29, 1.82) is 0 Å². The average molecular weight is 218 g/mol. The lowest BCUT2D eigenvalue weighted by Crippen LogP contribution is -2.33. The molecule has 0 aromatic carbocycles. The molecule has 0 radical (unpaired) electrons. The summed E-state index contributed by atoms with van der Waals surface area (Å²) in [5.41, 5.74) is 0.748. The van der Waals surface area contributed by atoms with Gasteiger partial charge in [0.1, 0.15) is 0 Å². The summed E-state index contributed by atoms with van der Waals surface area (Å²) in [5.74, 6) is -0.391. The predicted molar refractivity (Wildman–Crippen MR) is 58.3 cm³/mol. The van der Waals surface area contributed by atoms with Gasteiger partial charge in [0.2, 0.25) is 11.8 Å². The third kappa shape index (κ3) is 1.71. The van der Waals surface area contributed by atoms with E-state index in [0.717, 1.165) is 5.69 Å². The van der Waals surface area contributed by atoms with Crippen molar-refractivity contribution in [1.82, 2.24) is 9.88 Å². The van der Waals surface area contributed by atoms with Gasteiger partial charge in [-0.05, 0) is 19.1 Å². The Bertz CT molecular complexity index is 416. The van der Waals surface area contributed by atoms with Crippen LogP contribution in [0.2, 0.25) is 0 Å². The summed E-state index contributed by atoms with van der Waals surface area (Å²) < 4.78 is 0. The molecule has 2 heterocycles. The van der Waals surface area contributed by atoms with Gasteiger partial charge in [-0.15, -0.1) is 0 Å². The fourth-order valence-corrected chi connectivity index (χ4v) is 1.97. The second-order valence-corrected chi connectivity index (χ2v) is 4.14. The Hall–Kier alpha value is -1.71. The van der Waals surface area contributed by atoms with Crippen LogP contribution in [0.25, 0.3) is 0 Å². The van der Waals surface area contributed by atoms with E-state index in [2.05, 4.69) is 4.98 Å². The topological polar surface area (TPSA) is 50.3 Å². The first-order valence-corrected chi connectivity index (χ1v) is 5.38. The molecule has 1 aromatic rings. The van der Waals surface area contributed by atoms with Crippen LogP contribution in [0.4, 0.5) is 0 Å². The Labute approximate surface area is 94.3 Å². The van der Waals surface area contributed by atoms with Gasteiger partial charge in [-0.1, -0.05) is 13.0 Å². The molecular weight excluding hydrogens is 204 g/mol. The maximum absolute atomic E-state index is 11.8. The third-order valence-electron chi connectivity index (χ3n) is 2.91. The number of pyridine rings is 1. The lowest BCUT2D eigenvalue weighted by atomic mass is 10.1. The van der Waals surface area contributed by atoms with Gasteiger partial charge in [-0.25, -0.2) is 0 Å². The van der Waals surface area contributed by atoms with Crippen molar-refractivity contribution >= 4 is 11.8 Å². The normalized spacial score (nSPS) is 22.6. The molecule has 2 amide bonds. The SMILES string of the molecule is CC1CC(=O)N(C(C)c2ccccn2)C1=O. The number of amides is 2. The first kappa shape index (κ1) is 10.8. The fourth-order valence-electron chi connectivity index (χ4n) is 1.97. The van der Waals surface area contributed by atoms with Crippen LogP contribution >= 0.6 is 0 Å². The second-order valence-electron chi connectivity index (χ2n) is 4.14. The molecule has 1 aromatic heterocycles. The Morgan fingerprint density at radius 1 is 1.44 bits per heavy atom. The van der Waals surface area contributed by atoms with Crippen molar-refractivity contribution in [2.75, 3.05) is 0 Å². The van der Waals surface area contributed by atoms with E-state index >= 15 is 0 Å². The highest BCUT2D eigenvalue weighted by Crippen LogP contribution is 2.28. The second kappa shape index (κ2) is 4.04. The van der Waals surface area contributed by atoms with E-state index < -0.39 is 0 Å². The lowest BCUT2D eigenvalue weighted by molar-refractivity contribution is -0.141. The molecule has 16 heavy (non-hydrogen) atoms. The van der Waals surface area contributed by atoms with E-state index in [9.17, 15) is 9.59 Å². The number of hydrogen-bond acceptors (Lipinski definition) is 3. The number of imide groups is 1. The molecule has 2 unspecified atom stereocenters. The van der Waals surface area contributed by atoms with Crippen molar-refractivity contribution < 1.29 is 9.59 Å². The Morgan fingerprint density at radius 2 is 2.19 bits per heavy atom. The zero-order chi connectivity index (χ0) is 11.7. The van der Waals surface area contributed by atoms with Crippen LogP contribution in [-0.2, 0) is 9.59 Å². The van der Waals surface area contributed by atoms with Crippen LogP contribution in [-0.4, -0.2) is 21.7 Å².